The Morgan fingerprint density at radius 3 is 2.78 bits per heavy atom. The minimum absolute atomic E-state index is 0.335. The summed E-state index contributed by atoms with van der Waals surface area (Å²) >= 11 is 5.38. The lowest BCUT2D eigenvalue weighted by atomic mass is 9.96. The summed E-state index contributed by atoms with van der Waals surface area (Å²) in [5.41, 5.74) is 0.424. The second-order valence-corrected chi connectivity index (χ2v) is 6.22. The Labute approximate surface area is 143 Å². The maximum atomic E-state index is 12.1. The summed E-state index contributed by atoms with van der Waals surface area (Å²) in [5, 5.41) is 11.3. The molecule has 1 aromatic rings. The van der Waals surface area contributed by atoms with Crippen molar-refractivity contribution in [1.29, 1.82) is 0 Å². The van der Waals surface area contributed by atoms with E-state index < -0.39 is 0 Å². The van der Waals surface area contributed by atoms with E-state index in [-0.39, 0.29) is 5.97 Å². The SMILES string of the molecule is CCCn1cc(C(=O)OCC)c(NC(=S)NC2CCCCC2)n1. The lowest BCUT2D eigenvalue weighted by Crippen LogP contribution is -2.39. The number of thiocarbonyl (C=S) groups is 1. The molecule has 23 heavy (non-hydrogen) atoms. The highest BCUT2D eigenvalue weighted by molar-refractivity contribution is 7.80. The van der Waals surface area contributed by atoms with Crippen LogP contribution in [0.4, 0.5) is 5.82 Å². The van der Waals surface area contributed by atoms with Gasteiger partial charge in [-0.25, -0.2) is 4.79 Å². The molecule has 0 unspecified atom stereocenters. The van der Waals surface area contributed by atoms with Gasteiger partial charge in [-0.3, -0.25) is 4.68 Å². The van der Waals surface area contributed by atoms with Gasteiger partial charge in [0.05, 0.1) is 6.61 Å². The first kappa shape index (κ1) is 17.7. The Morgan fingerprint density at radius 2 is 2.13 bits per heavy atom. The Bertz CT molecular complexity index is 538. The van der Waals surface area contributed by atoms with Gasteiger partial charge in [0.1, 0.15) is 5.56 Å². The number of hydrogen-bond donors (Lipinski definition) is 2. The second kappa shape index (κ2) is 8.86. The molecule has 1 fully saturated rings. The van der Waals surface area contributed by atoms with Gasteiger partial charge in [0.15, 0.2) is 10.9 Å². The van der Waals surface area contributed by atoms with Gasteiger partial charge in [-0.05, 0) is 38.4 Å². The summed E-state index contributed by atoms with van der Waals surface area (Å²) in [6.07, 6.45) is 8.70. The number of nitrogens with one attached hydrogen (secondary N) is 2. The van der Waals surface area contributed by atoms with Crippen LogP contribution in [0.5, 0.6) is 0 Å². The molecule has 6 nitrogen and oxygen atoms in total. The Balaban J connectivity index is 2.03. The van der Waals surface area contributed by atoms with Gasteiger partial charge in [0, 0.05) is 18.8 Å². The highest BCUT2D eigenvalue weighted by Gasteiger charge is 2.20. The molecular weight excluding hydrogens is 312 g/mol. The number of aromatic nitrogens is 2. The van der Waals surface area contributed by atoms with Crippen molar-refractivity contribution in [1.82, 2.24) is 15.1 Å². The first-order valence-corrected chi connectivity index (χ1v) is 8.87. The number of nitrogens with zero attached hydrogens (tertiary/aromatic N) is 2. The largest absolute Gasteiger partial charge is 0.462 e. The topological polar surface area (TPSA) is 68.2 Å². The molecule has 7 heteroatoms. The average molecular weight is 338 g/mol. The summed E-state index contributed by atoms with van der Waals surface area (Å²) < 4.78 is 6.84. The van der Waals surface area contributed by atoms with E-state index in [4.69, 9.17) is 17.0 Å². The van der Waals surface area contributed by atoms with Crippen LogP contribution in [0, 0.1) is 0 Å². The zero-order valence-electron chi connectivity index (χ0n) is 13.9. The van der Waals surface area contributed by atoms with Crippen LogP contribution in [0.3, 0.4) is 0 Å². The summed E-state index contributed by atoms with van der Waals surface area (Å²) in [6, 6.07) is 0.410. The molecule has 1 aliphatic rings. The van der Waals surface area contributed by atoms with Crippen LogP contribution < -0.4 is 10.6 Å². The van der Waals surface area contributed by atoms with Gasteiger partial charge in [-0.1, -0.05) is 26.2 Å². The fourth-order valence-corrected chi connectivity index (χ4v) is 3.05. The third kappa shape index (κ3) is 5.20. The van der Waals surface area contributed by atoms with Crippen LogP contribution >= 0.6 is 12.2 Å². The zero-order valence-corrected chi connectivity index (χ0v) is 14.7. The first-order chi connectivity index (χ1) is 11.1. The van der Waals surface area contributed by atoms with E-state index in [9.17, 15) is 4.79 Å². The molecule has 0 bridgehead atoms. The summed E-state index contributed by atoms with van der Waals surface area (Å²) in [5.74, 6) is 0.0861. The Kier molecular flexibility index (Phi) is 6.83. The minimum Gasteiger partial charge on any atom is -0.462 e. The summed E-state index contributed by atoms with van der Waals surface area (Å²) in [7, 11) is 0. The van der Waals surface area contributed by atoms with E-state index in [0.717, 1.165) is 25.8 Å². The molecule has 0 spiro atoms. The molecule has 0 atom stereocenters. The van der Waals surface area contributed by atoms with Crippen molar-refractivity contribution in [3.63, 3.8) is 0 Å². The van der Waals surface area contributed by atoms with E-state index in [0.29, 0.717) is 29.1 Å². The predicted octanol–water partition coefficient (Wildman–Crippen LogP) is 3.09. The summed E-state index contributed by atoms with van der Waals surface area (Å²) in [4.78, 5) is 12.1. The van der Waals surface area contributed by atoms with Crippen molar-refractivity contribution in [2.24, 2.45) is 0 Å². The van der Waals surface area contributed by atoms with Crippen LogP contribution in [-0.4, -0.2) is 33.5 Å². The number of carbonyl (C=O) groups excluding carboxylic acids is 1. The fourth-order valence-electron chi connectivity index (χ4n) is 2.79. The van der Waals surface area contributed by atoms with Crippen molar-refractivity contribution in [2.45, 2.75) is 65.0 Å². The lowest BCUT2D eigenvalue weighted by molar-refractivity contribution is 0.0527. The molecule has 1 heterocycles. The number of rotatable bonds is 6. The van der Waals surface area contributed by atoms with Crippen LogP contribution in [-0.2, 0) is 11.3 Å². The van der Waals surface area contributed by atoms with Crippen molar-refractivity contribution in [3.8, 4) is 0 Å². The maximum Gasteiger partial charge on any atom is 0.343 e. The molecule has 1 saturated carbocycles. The number of aryl methyl sites for hydroxylation is 1. The Morgan fingerprint density at radius 1 is 1.39 bits per heavy atom. The van der Waals surface area contributed by atoms with Crippen LogP contribution in [0.25, 0.3) is 0 Å². The van der Waals surface area contributed by atoms with E-state index >= 15 is 0 Å². The normalized spacial score (nSPS) is 15.2. The van der Waals surface area contributed by atoms with Crippen molar-refractivity contribution in [3.05, 3.63) is 11.8 Å². The molecular formula is C16H26N4O2S. The van der Waals surface area contributed by atoms with E-state index in [2.05, 4.69) is 22.7 Å². The molecule has 0 aromatic carbocycles. The van der Waals surface area contributed by atoms with Gasteiger partial charge in [0.2, 0.25) is 0 Å². The maximum absolute atomic E-state index is 12.1. The van der Waals surface area contributed by atoms with Gasteiger partial charge in [-0.15, -0.1) is 0 Å². The highest BCUT2D eigenvalue weighted by Crippen LogP contribution is 2.18. The standard InChI is InChI=1S/C16H26N4O2S/c1-3-10-20-11-13(15(21)22-4-2)14(19-20)18-16(23)17-12-8-6-5-7-9-12/h11-12H,3-10H2,1-2H3,(H2,17,18,19,23). The van der Waals surface area contributed by atoms with Gasteiger partial charge in [0.25, 0.3) is 0 Å². The average Bonchev–Trinajstić information content (AvgIpc) is 2.91. The fraction of sp³-hybridized carbons (Fsp3) is 0.688. The molecule has 128 valence electrons. The van der Waals surface area contributed by atoms with E-state index in [1.807, 2.05) is 0 Å². The van der Waals surface area contributed by atoms with Crippen LogP contribution in [0.15, 0.2) is 6.20 Å². The lowest BCUT2D eigenvalue weighted by Gasteiger charge is -2.24. The van der Waals surface area contributed by atoms with Crippen LogP contribution in [0.2, 0.25) is 0 Å². The zero-order chi connectivity index (χ0) is 16.7. The second-order valence-electron chi connectivity index (χ2n) is 5.81. The minimum atomic E-state index is -0.377. The molecule has 0 amide bonds. The van der Waals surface area contributed by atoms with Crippen molar-refractivity contribution in [2.75, 3.05) is 11.9 Å². The molecule has 0 radical (unpaired) electrons. The molecule has 2 rings (SSSR count). The molecule has 1 aromatic heterocycles. The quantitative estimate of drug-likeness (QED) is 0.614. The number of ether oxygens (including phenoxy) is 1. The van der Waals surface area contributed by atoms with Crippen molar-refractivity contribution < 1.29 is 9.53 Å². The molecule has 2 N–H and O–H groups in total. The monoisotopic (exact) mass is 338 g/mol. The smallest absolute Gasteiger partial charge is 0.343 e. The highest BCUT2D eigenvalue weighted by atomic mass is 32.1. The number of anilines is 1. The van der Waals surface area contributed by atoms with Gasteiger partial charge >= 0.3 is 5.97 Å². The number of esters is 1. The first-order valence-electron chi connectivity index (χ1n) is 8.46. The van der Waals surface area contributed by atoms with E-state index in [1.54, 1.807) is 17.8 Å². The molecule has 0 aliphatic heterocycles. The number of hydrogen-bond acceptors (Lipinski definition) is 4. The number of carbonyl (C=O) groups is 1. The van der Waals surface area contributed by atoms with Gasteiger partial charge < -0.3 is 15.4 Å². The van der Waals surface area contributed by atoms with E-state index in [1.165, 1.54) is 19.3 Å². The Hall–Kier alpha value is -1.63. The third-order valence-electron chi connectivity index (χ3n) is 3.88. The van der Waals surface area contributed by atoms with Crippen LogP contribution in [0.1, 0.15) is 62.7 Å². The summed E-state index contributed by atoms with van der Waals surface area (Å²) in [6.45, 7) is 4.93. The van der Waals surface area contributed by atoms with Crippen molar-refractivity contribution >= 4 is 29.1 Å². The third-order valence-corrected chi connectivity index (χ3v) is 4.10. The van der Waals surface area contributed by atoms with Gasteiger partial charge in [-0.2, -0.15) is 5.10 Å². The predicted molar refractivity (Wildman–Crippen MR) is 94.7 cm³/mol. The molecule has 1 aliphatic carbocycles. The molecule has 0 saturated heterocycles.